The molecule has 0 unspecified atom stereocenters. The van der Waals surface area contributed by atoms with Crippen molar-refractivity contribution in [2.45, 2.75) is 26.9 Å². The average Bonchev–Trinajstić information content (AvgIpc) is 1.25. The van der Waals surface area contributed by atoms with Crippen LogP contribution in [0.5, 0.6) is 0 Å². The molecule has 6 heteroatoms. The van der Waals surface area contributed by atoms with Gasteiger partial charge in [0, 0.05) is 34.7 Å². The zero-order valence-corrected chi connectivity index (χ0v) is 8.44. The molecule has 70 valence electrons. The molecule has 11 heavy (non-hydrogen) atoms. The molecule has 0 aromatic heterocycles. The molecular weight excluding hydrogens is 188 g/mol. The van der Waals surface area contributed by atoms with Crippen molar-refractivity contribution < 1.29 is 47.7 Å². The van der Waals surface area contributed by atoms with Gasteiger partial charge in [-0.25, -0.2) is 0 Å². The fraction of sp³-hybridized carbons (Fsp3) is 0.800. The summed E-state index contributed by atoms with van der Waals surface area (Å²) in [6.45, 7) is 4.53. The Kier molecular flexibility index (Phi) is 62.3. The van der Waals surface area contributed by atoms with Gasteiger partial charge in [0.2, 0.25) is 0 Å². The molecular formula is C5H16O5Ti. The van der Waals surface area contributed by atoms with E-state index in [9.17, 15) is 0 Å². The van der Waals surface area contributed by atoms with Crippen molar-refractivity contribution in [3.8, 4) is 0 Å². The Labute approximate surface area is 80.9 Å². The third kappa shape index (κ3) is 158000. The Hall–Kier alpha value is 0.0643. The zero-order chi connectivity index (χ0) is 7.15. The van der Waals surface area contributed by atoms with Crippen molar-refractivity contribution in [3.63, 3.8) is 0 Å². The van der Waals surface area contributed by atoms with E-state index in [2.05, 4.69) is 0 Å². The number of rotatable bonds is 0. The first kappa shape index (κ1) is 30.5. The van der Waals surface area contributed by atoms with Gasteiger partial charge >= 0.3 is 0 Å². The van der Waals surface area contributed by atoms with Crippen LogP contribution in [-0.2, 0) is 26.5 Å². The third-order valence-corrected chi connectivity index (χ3v) is 0. The molecule has 5 nitrogen and oxygen atoms in total. The Morgan fingerprint density at radius 2 is 1.27 bits per heavy atom. The Morgan fingerprint density at radius 1 is 1.27 bits per heavy atom. The summed E-state index contributed by atoms with van der Waals surface area (Å²) < 4.78 is 0. The van der Waals surface area contributed by atoms with E-state index in [1.807, 2.05) is 0 Å². The number of aliphatic carboxylic acids is 1. The van der Waals surface area contributed by atoms with Gasteiger partial charge in [0.1, 0.15) is 0 Å². The van der Waals surface area contributed by atoms with Crippen LogP contribution in [0.1, 0.15) is 20.8 Å². The van der Waals surface area contributed by atoms with E-state index in [0.29, 0.717) is 0 Å². The monoisotopic (exact) mass is 204 g/mol. The molecule has 0 rings (SSSR count). The number of aliphatic hydroxyl groups excluding tert-OH is 1. The van der Waals surface area contributed by atoms with Gasteiger partial charge in [-0.2, -0.15) is 0 Å². The van der Waals surface area contributed by atoms with E-state index in [-0.39, 0.29) is 38.8 Å². The summed E-state index contributed by atoms with van der Waals surface area (Å²) >= 11 is 0. The van der Waals surface area contributed by atoms with Crippen LogP contribution < -0.4 is 0 Å². The predicted octanol–water partition coefficient (Wildman–Crippen LogP) is -1.17. The van der Waals surface area contributed by atoms with Gasteiger partial charge in [-0.3, -0.25) is 4.79 Å². The standard InChI is InChI=1S/C3H8O.C2H4O2.2H2O.Ti/c1-3(2)4;1-2(3)4;;;/h3-4H,1-2H3;1H3,(H,3,4);2*1H2;. The maximum absolute atomic E-state index is 9.00. The van der Waals surface area contributed by atoms with Crippen molar-refractivity contribution in [2.75, 3.05) is 0 Å². The van der Waals surface area contributed by atoms with Crippen LogP contribution in [0, 0.1) is 0 Å². The quantitative estimate of drug-likeness (QED) is 0.483. The molecule has 0 aromatic carbocycles. The predicted molar refractivity (Wildman–Crippen MR) is 37.9 cm³/mol. The maximum Gasteiger partial charge on any atom is 0.300 e. The van der Waals surface area contributed by atoms with Crippen LogP contribution >= 0.6 is 0 Å². The van der Waals surface area contributed by atoms with Crippen molar-refractivity contribution in [1.29, 1.82) is 0 Å². The van der Waals surface area contributed by atoms with E-state index in [0.717, 1.165) is 6.92 Å². The van der Waals surface area contributed by atoms with Crippen LogP contribution in [0.2, 0.25) is 0 Å². The van der Waals surface area contributed by atoms with Crippen molar-refractivity contribution in [2.24, 2.45) is 0 Å². The van der Waals surface area contributed by atoms with Crippen LogP contribution in [-0.4, -0.2) is 33.2 Å². The van der Waals surface area contributed by atoms with E-state index in [1.165, 1.54) is 0 Å². The second-order valence-electron chi connectivity index (χ2n) is 1.61. The zero-order valence-electron chi connectivity index (χ0n) is 6.88. The molecule has 0 fully saturated rings. The minimum Gasteiger partial charge on any atom is -0.481 e. The summed E-state index contributed by atoms with van der Waals surface area (Å²) in [5, 5.41) is 15.5. The summed E-state index contributed by atoms with van der Waals surface area (Å²) in [6, 6.07) is 0. The number of carbonyl (C=O) groups is 1. The minimum atomic E-state index is -0.833. The van der Waals surface area contributed by atoms with Gasteiger partial charge in [0.25, 0.3) is 5.97 Å². The first-order valence-corrected chi connectivity index (χ1v) is 2.34. The number of hydrogen-bond acceptors (Lipinski definition) is 2. The third-order valence-electron chi connectivity index (χ3n) is 0. The smallest absolute Gasteiger partial charge is 0.300 e. The molecule has 0 amide bonds. The van der Waals surface area contributed by atoms with E-state index in [4.69, 9.17) is 15.0 Å². The molecule has 0 saturated heterocycles. The summed E-state index contributed by atoms with van der Waals surface area (Å²) in [5.74, 6) is -0.833. The molecule has 6 N–H and O–H groups in total. The van der Waals surface area contributed by atoms with E-state index in [1.54, 1.807) is 13.8 Å². The molecule has 0 radical (unpaired) electrons. The summed E-state index contributed by atoms with van der Waals surface area (Å²) in [6.07, 6.45) is -0.167. The molecule has 0 aliphatic heterocycles. The molecule has 0 aromatic rings. The molecule has 0 spiro atoms. The van der Waals surface area contributed by atoms with Gasteiger partial charge in [-0.15, -0.1) is 0 Å². The number of carboxylic acid groups (broad SMARTS) is 1. The van der Waals surface area contributed by atoms with Crippen molar-refractivity contribution in [3.05, 3.63) is 0 Å². The molecule has 0 aliphatic carbocycles. The maximum atomic E-state index is 9.00. The molecule has 0 aliphatic rings. The molecule has 0 atom stereocenters. The number of hydrogen-bond donors (Lipinski definition) is 2. The van der Waals surface area contributed by atoms with Crippen LogP contribution in [0.3, 0.4) is 0 Å². The van der Waals surface area contributed by atoms with Crippen LogP contribution in [0.4, 0.5) is 0 Å². The van der Waals surface area contributed by atoms with Gasteiger partial charge < -0.3 is 21.2 Å². The minimum absolute atomic E-state index is 0. The van der Waals surface area contributed by atoms with Crippen molar-refractivity contribution >= 4 is 5.97 Å². The van der Waals surface area contributed by atoms with Gasteiger partial charge in [0.15, 0.2) is 0 Å². The Balaban J connectivity index is -0.0000000171. The summed E-state index contributed by atoms with van der Waals surface area (Å²) in [7, 11) is 0. The van der Waals surface area contributed by atoms with E-state index < -0.39 is 5.97 Å². The molecule has 0 bridgehead atoms. The topological polar surface area (TPSA) is 121 Å². The fourth-order valence-electron chi connectivity index (χ4n) is 0. The average molecular weight is 204 g/mol. The van der Waals surface area contributed by atoms with Crippen LogP contribution in [0.15, 0.2) is 0 Å². The first-order valence-electron chi connectivity index (χ1n) is 2.34. The SMILES string of the molecule is CC(=O)O.CC(C)O.O.O.[Ti]. The molecule has 0 heterocycles. The first-order chi connectivity index (χ1) is 3.46. The van der Waals surface area contributed by atoms with Gasteiger partial charge in [-0.1, -0.05) is 0 Å². The van der Waals surface area contributed by atoms with Crippen LogP contribution in [0.25, 0.3) is 0 Å². The second-order valence-corrected chi connectivity index (χ2v) is 1.61. The number of carboxylic acids is 1. The summed E-state index contributed by atoms with van der Waals surface area (Å²) in [5.41, 5.74) is 0. The summed E-state index contributed by atoms with van der Waals surface area (Å²) in [4.78, 5) is 9.00. The normalized spacial score (nSPS) is 5.55. The molecule has 0 saturated carbocycles. The fourth-order valence-corrected chi connectivity index (χ4v) is 0. The Morgan fingerprint density at radius 3 is 1.27 bits per heavy atom. The second kappa shape index (κ2) is 22.5. The van der Waals surface area contributed by atoms with Crippen molar-refractivity contribution in [1.82, 2.24) is 0 Å². The van der Waals surface area contributed by atoms with E-state index >= 15 is 0 Å². The van der Waals surface area contributed by atoms with Gasteiger partial charge in [0.05, 0.1) is 0 Å². The van der Waals surface area contributed by atoms with Gasteiger partial charge in [-0.05, 0) is 13.8 Å². The largest absolute Gasteiger partial charge is 0.481 e. The number of aliphatic hydroxyl groups is 1. The Bertz CT molecular complexity index is 59.1.